The lowest BCUT2D eigenvalue weighted by molar-refractivity contribution is -0.385. The van der Waals surface area contributed by atoms with Gasteiger partial charge in [0.2, 0.25) is 23.6 Å². The second-order valence-corrected chi connectivity index (χ2v) is 7.92. The third kappa shape index (κ3) is 5.71. The van der Waals surface area contributed by atoms with Crippen LogP contribution in [0.15, 0.2) is 46.0 Å². The van der Waals surface area contributed by atoms with Crippen molar-refractivity contribution < 1.29 is 19.2 Å². The summed E-state index contributed by atoms with van der Waals surface area (Å²) >= 11 is 3.17. The molecule has 12 nitrogen and oxygen atoms in total. The van der Waals surface area contributed by atoms with Crippen molar-refractivity contribution in [1.82, 2.24) is 15.0 Å². The monoisotopic (exact) mass is 532 g/mol. The number of phenolic OH excluding ortho intramolecular Hbond substituents is 1. The number of nitro groups is 1. The summed E-state index contributed by atoms with van der Waals surface area (Å²) in [7, 11) is 0. The molecule has 4 rings (SSSR count). The van der Waals surface area contributed by atoms with Crippen LogP contribution < -0.4 is 15.6 Å². The number of aromatic nitrogens is 3. The summed E-state index contributed by atoms with van der Waals surface area (Å²) in [4.78, 5) is 25.4. The van der Waals surface area contributed by atoms with Gasteiger partial charge in [-0.05, 0) is 30.3 Å². The highest BCUT2D eigenvalue weighted by Gasteiger charge is 2.19. The van der Waals surface area contributed by atoms with E-state index in [1.807, 2.05) is 4.90 Å². The van der Waals surface area contributed by atoms with Crippen LogP contribution in [0.25, 0.3) is 0 Å². The molecule has 2 aromatic carbocycles. The molecule has 3 N–H and O–H groups in total. The number of morpholine rings is 1. The molecule has 14 heteroatoms. The fourth-order valence-corrected chi connectivity index (χ4v) is 3.50. The Hall–Kier alpha value is -3.91. The van der Waals surface area contributed by atoms with Crippen molar-refractivity contribution in [2.75, 3.05) is 41.9 Å². The lowest BCUT2D eigenvalue weighted by Crippen LogP contribution is -2.37. The Balaban J connectivity index is 1.60. The third-order valence-corrected chi connectivity index (χ3v) is 5.12. The van der Waals surface area contributed by atoms with Crippen molar-refractivity contribution in [3.8, 4) is 5.75 Å². The van der Waals surface area contributed by atoms with E-state index in [1.165, 1.54) is 30.5 Å². The first-order valence-corrected chi connectivity index (χ1v) is 10.8. The van der Waals surface area contributed by atoms with E-state index in [0.717, 1.165) is 0 Å². The normalized spacial score (nSPS) is 13.8. The summed E-state index contributed by atoms with van der Waals surface area (Å²) in [5, 5.41) is 28.3. The van der Waals surface area contributed by atoms with E-state index in [0.29, 0.717) is 42.4 Å². The van der Waals surface area contributed by atoms with E-state index < -0.39 is 16.4 Å². The van der Waals surface area contributed by atoms with Gasteiger partial charge in [0.05, 0.1) is 24.4 Å². The van der Waals surface area contributed by atoms with Crippen molar-refractivity contribution in [2.45, 2.75) is 0 Å². The Labute approximate surface area is 200 Å². The molecule has 0 aliphatic carbocycles. The fraction of sp³-hybridized carbons (Fsp3) is 0.200. The molecule has 1 saturated heterocycles. The Bertz CT molecular complexity index is 1220. The summed E-state index contributed by atoms with van der Waals surface area (Å²) in [6.45, 7) is 2.21. The third-order valence-electron chi connectivity index (χ3n) is 4.67. The molecule has 1 aromatic heterocycles. The highest BCUT2D eigenvalue weighted by molar-refractivity contribution is 9.10. The van der Waals surface area contributed by atoms with E-state index in [1.54, 1.807) is 12.1 Å². The Kier molecular flexibility index (Phi) is 7.08. The Morgan fingerprint density at radius 3 is 2.59 bits per heavy atom. The quantitative estimate of drug-likeness (QED) is 0.234. The highest BCUT2D eigenvalue weighted by atomic mass is 79.9. The number of phenols is 1. The van der Waals surface area contributed by atoms with E-state index in [9.17, 15) is 19.6 Å². The van der Waals surface area contributed by atoms with Crippen LogP contribution in [0.2, 0.25) is 0 Å². The summed E-state index contributed by atoms with van der Waals surface area (Å²) < 4.78 is 19.0. The Morgan fingerprint density at radius 2 is 1.88 bits per heavy atom. The van der Waals surface area contributed by atoms with Gasteiger partial charge < -0.3 is 20.1 Å². The number of hydrogen-bond acceptors (Lipinski definition) is 11. The standard InChI is InChI=1S/C20H18BrFN8O4/c21-13-9-12(17(31)16(10-13)30(32)33)11-23-28-19-25-18(24-15-3-1-14(22)2-4-15)26-20(27-19)29-5-7-34-8-6-29/h1-4,9-11,31H,5-8H2,(H2,24,25,26,27,28)/b23-11+. The molecular weight excluding hydrogens is 515 g/mol. The average molecular weight is 533 g/mol. The van der Waals surface area contributed by atoms with Crippen molar-refractivity contribution in [3.63, 3.8) is 0 Å². The molecular formula is C20H18BrFN8O4. The fourth-order valence-electron chi connectivity index (χ4n) is 3.04. The van der Waals surface area contributed by atoms with Gasteiger partial charge in [-0.1, -0.05) is 15.9 Å². The summed E-state index contributed by atoms with van der Waals surface area (Å²) in [5.74, 6) is -0.241. The molecule has 0 unspecified atom stereocenters. The first kappa shape index (κ1) is 23.3. The van der Waals surface area contributed by atoms with Gasteiger partial charge in [0.15, 0.2) is 0 Å². The van der Waals surface area contributed by atoms with Crippen molar-refractivity contribution in [3.05, 3.63) is 62.4 Å². The van der Waals surface area contributed by atoms with Crippen LogP contribution in [-0.4, -0.2) is 57.5 Å². The Morgan fingerprint density at radius 1 is 1.18 bits per heavy atom. The van der Waals surface area contributed by atoms with Gasteiger partial charge in [-0.15, -0.1) is 0 Å². The number of halogens is 2. The molecule has 0 bridgehead atoms. The molecule has 0 atom stereocenters. The van der Waals surface area contributed by atoms with Crippen LogP contribution >= 0.6 is 15.9 Å². The van der Waals surface area contributed by atoms with Crippen molar-refractivity contribution in [1.29, 1.82) is 0 Å². The molecule has 1 aliphatic heterocycles. The minimum absolute atomic E-state index is 0.0846. The topological polar surface area (TPSA) is 151 Å². The number of nitro benzene ring substituents is 1. The van der Waals surface area contributed by atoms with Gasteiger partial charge in [-0.25, -0.2) is 9.82 Å². The number of nitrogens with one attached hydrogen (secondary N) is 2. The van der Waals surface area contributed by atoms with Crippen LogP contribution in [-0.2, 0) is 4.74 Å². The minimum atomic E-state index is -0.696. The van der Waals surface area contributed by atoms with Crippen LogP contribution in [0, 0.1) is 15.9 Å². The molecule has 0 amide bonds. The number of ether oxygens (including phenoxy) is 1. The van der Waals surface area contributed by atoms with E-state index in [4.69, 9.17) is 4.74 Å². The second-order valence-electron chi connectivity index (χ2n) is 7.00. The number of benzene rings is 2. The lowest BCUT2D eigenvalue weighted by atomic mass is 10.2. The predicted octanol–water partition coefficient (Wildman–Crippen LogP) is 3.41. The molecule has 0 spiro atoms. The number of hydrazone groups is 1. The van der Waals surface area contributed by atoms with E-state index in [2.05, 4.69) is 46.7 Å². The van der Waals surface area contributed by atoms with Crippen LogP contribution in [0.4, 0.5) is 33.6 Å². The number of hydrogen-bond donors (Lipinski definition) is 3. The zero-order valence-electron chi connectivity index (χ0n) is 17.5. The van der Waals surface area contributed by atoms with E-state index >= 15 is 0 Å². The van der Waals surface area contributed by atoms with Gasteiger partial charge in [0, 0.05) is 34.9 Å². The maximum Gasteiger partial charge on any atom is 0.312 e. The zero-order chi connectivity index (χ0) is 24.1. The van der Waals surface area contributed by atoms with Gasteiger partial charge in [-0.3, -0.25) is 10.1 Å². The molecule has 0 radical (unpaired) electrons. The van der Waals surface area contributed by atoms with Crippen LogP contribution in [0.5, 0.6) is 5.75 Å². The SMILES string of the molecule is O=[N+]([O-])c1cc(Br)cc(/C=N/Nc2nc(Nc3ccc(F)cc3)nc(N3CCOCC3)n2)c1O. The number of rotatable bonds is 7. The first-order valence-electron chi connectivity index (χ1n) is 9.96. The minimum Gasteiger partial charge on any atom is -0.502 e. The smallest absolute Gasteiger partial charge is 0.312 e. The number of aromatic hydroxyl groups is 1. The van der Waals surface area contributed by atoms with Gasteiger partial charge in [-0.2, -0.15) is 20.1 Å². The molecule has 3 aromatic rings. The van der Waals surface area contributed by atoms with E-state index in [-0.39, 0.29) is 23.3 Å². The van der Waals surface area contributed by atoms with Crippen LogP contribution in [0.1, 0.15) is 5.56 Å². The van der Waals surface area contributed by atoms with Gasteiger partial charge >= 0.3 is 5.69 Å². The zero-order valence-corrected chi connectivity index (χ0v) is 19.1. The average Bonchev–Trinajstić information content (AvgIpc) is 2.83. The largest absolute Gasteiger partial charge is 0.502 e. The van der Waals surface area contributed by atoms with Gasteiger partial charge in [0.25, 0.3) is 0 Å². The first-order chi connectivity index (χ1) is 16.4. The summed E-state index contributed by atoms with van der Waals surface area (Å²) in [5.41, 5.74) is 2.88. The lowest BCUT2D eigenvalue weighted by Gasteiger charge is -2.27. The maximum atomic E-state index is 13.2. The molecule has 1 aliphatic rings. The highest BCUT2D eigenvalue weighted by Crippen LogP contribution is 2.32. The van der Waals surface area contributed by atoms with Gasteiger partial charge in [0.1, 0.15) is 5.82 Å². The van der Waals surface area contributed by atoms with Crippen LogP contribution in [0.3, 0.4) is 0 Å². The molecule has 1 fully saturated rings. The van der Waals surface area contributed by atoms with Crippen molar-refractivity contribution in [2.24, 2.45) is 5.10 Å². The second kappa shape index (κ2) is 10.4. The molecule has 0 saturated carbocycles. The molecule has 176 valence electrons. The summed E-state index contributed by atoms with van der Waals surface area (Å²) in [6, 6.07) is 8.36. The van der Waals surface area contributed by atoms with Crippen molar-refractivity contribution >= 4 is 51.4 Å². The summed E-state index contributed by atoms with van der Waals surface area (Å²) in [6.07, 6.45) is 1.21. The molecule has 34 heavy (non-hydrogen) atoms. The maximum absolute atomic E-state index is 13.2. The number of anilines is 4. The predicted molar refractivity (Wildman–Crippen MR) is 126 cm³/mol. The number of nitrogens with zero attached hydrogens (tertiary/aromatic N) is 6. The molecule has 2 heterocycles.